The summed E-state index contributed by atoms with van der Waals surface area (Å²) in [6.07, 6.45) is 1.26. The molecule has 1 aliphatic rings. The second kappa shape index (κ2) is 7.26. The Kier molecular flexibility index (Phi) is 4.64. The third kappa shape index (κ3) is 3.38. The van der Waals surface area contributed by atoms with Gasteiger partial charge in [0.15, 0.2) is 0 Å². The number of nitrogens with zero attached hydrogens (tertiary/aromatic N) is 6. The maximum absolute atomic E-state index is 12.8. The van der Waals surface area contributed by atoms with Gasteiger partial charge in [0.05, 0.1) is 16.0 Å². The fourth-order valence-electron chi connectivity index (χ4n) is 3.49. The zero-order valence-corrected chi connectivity index (χ0v) is 15.5. The molecule has 0 spiro atoms. The number of carbonyl (C=O) groups is 1. The summed E-state index contributed by atoms with van der Waals surface area (Å²) in [4.78, 5) is 35.6. The van der Waals surface area contributed by atoms with Crippen molar-refractivity contribution < 1.29 is 9.72 Å². The third-order valence-corrected chi connectivity index (χ3v) is 5.04. The summed E-state index contributed by atoms with van der Waals surface area (Å²) in [5.41, 5.74) is 1.82. The summed E-state index contributed by atoms with van der Waals surface area (Å²) in [5.74, 6) is 1.57. The van der Waals surface area contributed by atoms with Crippen LogP contribution in [0.15, 0.2) is 42.6 Å². The molecule has 4 rings (SSSR count). The molecule has 1 fully saturated rings. The van der Waals surface area contributed by atoms with E-state index in [9.17, 15) is 14.9 Å². The highest BCUT2D eigenvalue weighted by atomic mass is 16.6. The van der Waals surface area contributed by atoms with Crippen molar-refractivity contribution >= 4 is 28.4 Å². The molecule has 3 aromatic rings. The number of aryl methyl sites for hydroxylation is 1. The van der Waals surface area contributed by atoms with Crippen molar-refractivity contribution in [2.24, 2.45) is 0 Å². The van der Waals surface area contributed by atoms with E-state index in [0.717, 1.165) is 16.9 Å². The van der Waals surface area contributed by atoms with Crippen LogP contribution in [0, 0.1) is 17.0 Å². The Hall–Kier alpha value is -3.49. The lowest BCUT2D eigenvalue weighted by molar-refractivity contribution is -0.385. The molecule has 1 aliphatic heterocycles. The first kappa shape index (κ1) is 17.9. The molecule has 0 radical (unpaired) electrons. The number of pyridine rings is 1. The summed E-state index contributed by atoms with van der Waals surface area (Å²) in [6.45, 7) is 4.63. The van der Waals surface area contributed by atoms with Gasteiger partial charge in [0.25, 0.3) is 5.69 Å². The van der Waals surface area contributed by atoms with Crippen LogP contribution < -0.4 is 4.90 Å². The molecule has 9 heteroatoms. The van der Waals surface area contributed by atoms with Crippen LogP contribution >= 0.6 is 0 Å². The monoisotopic (exact) mass is 380 g/mol. The zero-order chi connectivity index (χ0) is 19.7. The number of aromatic nitrogens is 3. The number of anilines is 1. The summed E-state index contributed by atoms with van der Waals surface area (Å²) in [6, 6.07) is 10.9. The average molecular weight is 380 g/mol. The van der Waals surface area contributed by atoms with Gasteiger partial charge in [0.2, 0.25) is 5.91 Å². The fourth-order valence-corrected chi connectivity index (χ4v) is 3.49. The second-order valence-corrected chi connectivity index (χ2v) is 6.73. The quantitative estimate of drug-likeness (QED) is 0.507. The molecule has 9 nitrogen and oxygen atoms in total. The van der Waals surface area contributed by atoms with E-state index in [0.29, 0.717) is 32.0 Å². The number of carbonyl (C=O) groups excluding carboxylic acids is 1. The molecule has 3 heterocycles. The van der Waals surface area contributed by atoms with Gasteiger partial charge in [-0.2, -0.15) is 0 Å². The minimum absolute atomic E-state index is 0.0273. The highest BCUT2D eigenvalue weighted by Crippen LogP contribution is 2.19. The number of para-hydroxylation sites is 2. The predicted octanol–water partition coefficient (Wildman–Crippen LogP) is 2.00. The Morgan fingerprint density at radius 1 is 1.14 bits per heavy atom. The molecule has 0 bridgehead atoms. The van der Waals surface area contributed by atoms with Gasteiger partial charge >= 0.3 is 0 Å². The van der Waals surface area contributed by atoms with E-state index in [-0.39, 0.29) is 18.1 Å². The lowest BCUT2D eigenvalue weighted by Gasteiger charge is -2.35. The minimum atomic E-state index is -0.463. The van der Waals surface area contributed by atoms with Crippen LogP contribution in [0.4, 0.5) is 11.5 Å². The van der Waals surface area contributed by atoms with Gasteiger partial charge in [0.1, 0.15) is 24.4 Å². The van der Waals surface area contributed by atoms with Crippen molar-refractivity contribution in [1.29, 1.82) is 0 Å². The van der Waals surface area contributed by atoms with Crippen LogP contribution in [-0.4, -0.2) is 56.4 Å². The standard InChI is InChI=1S/C19H20N6O3/c1-14-21-16-4-2-3-5-17(16)24(14)13-19(26)23-10-8-22(9-11-23)18-7-6-15(12-20-18)25(27)28/h2-7,12H,8-11,13H2,1H3. The normalized spacial score (nSPS) is 14.5. The van der Waals surface area contributed by atoms with Gasteiger partial charge in [-0.3, -0.25) is 14.9 Å². The van der Waals surface area contributed by atoms with Crippen molar-refractivity contribution in [3.63, 3.8) is 0 Å². The molecular weight excluding hydrogens is 360 g/mol. The smallest absolute Gasteiger partial charge is 0.287 e. The highest BCUT2D eigenvalue weighted by molar-refractivity contribution is 5.81. The lowest BCUT2D eigenvalue weighted by Crippen LogP contribution is -2.49. The fraction of sp³-hybridized carbons (Fsp3) is 0.316. The largest absolute Gasteiger partial charge is 0.353 e. The number of hydrogen-bond acceptors (Lipinski definition) is 6. The SMILES string of the molecule is Cc1nc2ccccc2n1CC(=O)N1CCN(c2ccc([N+](=O)[O-])cn2)CC1. The molecule has 0 saturated carbocycles. The topological polar surface area (TPSA) is 97.4 Å². The predicted molar refractivity (Wildman–Crippen MR) is 104 cm³/mol. The van der Waals surface area contributed by atoms with E-state index in [1.54, 1.807) is 6.07 Å². The van der Waals surface area contributed by atoms with Crippen LogP contribution in [0.25, 0.3) is 11.0 Å². The van der Waals surface area contributed by atoms with E-state index in [1.165, 1.54) is 12.3 Å². The molecule has 1 saturated heterocycles. The van der Waals surface area contributed by atoms with Gasteiger partial charge < -0.3 is 14.4 Å². The Balaban J connectivity index is 1.40. The first-order valence-corrected chi connectivity index (χ1v) is 9.08. The maximum Gasteiger partial charge on any atom is 0.287 e. The van der Waals surface area contributed by atoms with E-state index in [1.807, 2.05) is 45.6 Å². The van der Waals surface area contributed by atoms with Gasteiger partial charge in [-0.25, -0.2) is 9.97 Å². The molecular formula is C19H20N6O3. The van der Waals surface area contributed by atoms with E-state index in [4.69, 9.17) is 0 Å². The van der Waals surface area contributed by atoms with Crippen molar-refractivity contribution in [2.75, 3.05) is 31.1 Å². The van der Waals surface area contributed by atoms with Crippen LogP contribution in [0.3, 0.4) is 0 Å². The molecule has 1 aromatic carbocycles. The number of rotatable bonds is 4. The Bertz CT molecular complexity index is 1020. The summed E-state index contributed by atoms with van der Waals surface area (Å²) >= 11 is 0. The van der Waals surface area contributed by atoms with Gasteiger partial charge in [-0.05, 0) is 25.1 Å². The van der Waals surface area contributed by atoms with Crippen LogP contribution in [0.2, 0.25) is 0 Å². The molecule has 28 heavy (non-hydrogen) atoms. The van der Waals surface area contributed by atoms with Gasteiger partial charge in [0, 0.05) is 32.2 Å². The molecule has 0 N–H and O–H groups in total. The molecule has 0 unspecified atom stereocenters. The Morgan fingerprint density at radius 2 is 1.89 bits per heavy atom. The van der Waals surface area contributed by atoms with Gasteiger partial charge in [-0.1, -0.05) is 12.1 Å². The second-order valence-electron chi connectivity index (χ2n) is 6.73. The number of fused-ring (bicyclic) bond motifs is 1. The van der Waals surface area contributed by atoms with E-state index >= 15 is 0 Å². The zero-order valence-electron chi connectivity index (χ0n) is 15.5. The Labute approximate surface area is 161 Å². The van der Waals surface area contributed by atoms with Crippen molar-refractivity contribution in [3.05, 3.63) is 58.5 Å². The average Bonchev–Trinajstić information content (AvgIpc) is 3.03. The molecule has 2 aromatic heterocycles. The highest BCUT2D eigenvalue weighted by Gasteiger charge is 2.23. The number of hydrogen-bond donors (Lipinski definition) is 0. The first-order valence-electron chi connectivity index (χ1n) is 9.08. The number of nitro groups is 1. The Morgan fingerprint density at radius 3 is 2.57 bits per heavy atom. The molecule has 1 amide bonds. The molecule has 0 aliphatic carbocycles. The number of benzene rings is 1. The number of imidazole rings is 1. The van der Waals surface area contributed by atoms with Crippen molar-refractivity contribution in [1.82, 2.24) is 19.4 Å². The molecule has 144 valence electrons. The van der Waals surface area contributed by atoms with Crippen LogP contribution in [0.1, 0.15) is 5.82 Å². The molecule has 0 atom stereocenters. The number of piperazine rings is 1. The summed E-state index contributed by atoms with van der Waals surface area (Å²) in [5, 5.41) is 10.7. The number of amides is 1. The van der Waals surface area contributed by atoms with Crippen molar-refractivity contribution in [3.8, 4) is 0 Å². The van der Waals surface area contributed by atoms with Crippen LogP contribution in [0.5, 0.6) is 0 Å². The van der Waals surface area contributed by atoms with E-state index < -0.39 is 4.92 Å². The van der Waals surface area contributed by atoms with E-state index in [2.05, 4.69) is 9.97 Å². The summed E-state index contributed by atoms with van der Waals surface area (Å²) < 4.78 is 1.95. The third-order valence-electron chi connectivity index (χ3n) is 5.04. The maximum atomic E-state index is 12.8. The lowest BCUT2D eigenvalue weighted by atomic mass is 10.3. The summed E-state index contributed by atoms with van der Waals surface area (Å²) in [7, 11) is 0. The minimum Gasteiger partial charge on any atom is -0.353 e. The first-order chi connectivity index (χ1) is 13.5. The van der Waals surface area contributed by atoms with Crippen molar-refractivity contribution in [2.45, 2.75) is 13.5 Å². The van der Waals surface area contributed by atoms with Gasteiger partial charge in [-0.15, -0.1) is 0 Å². The van der Waals surface area contributed by atoms with Crippen LogP contribution in [-0.2, 0) is 11.3 Å².